The zero-order valence-electron chi connectivity index (χ0n) is 13.5. The van der Waals surface area contributed by atoms with Crippen molar-refractivity contribution in [2.45, 2.75) is 26.3 Å². The smallest absolute Gasteiger partial charge is 0.307 e. The quantitative estimate of drug-likeness (QED) is 0.758. The Hall–Kier alpha value is -1.40. The molecule has 1 atom stereocenters. The molecule has 1 fully saturated rings. The van der Waals surface area contributed by atoms with Gasteiger partial charge in [-0.1, -0.05) is 0 Å². The Labute approximate surface area is 126 Å². The summed E-state index contributed by atoms with van der Waals surface area (Å²) < 4.78 is 7.01. The molecular formula is C15H26N4O2. The Balaban J connectivity index is 2.17. The second kappa shape index (κ2) is 7.04. The van der Waals surface area contributed by atoms with Crippen LogP contribution >= 0.6 is 0 Å². The fourth-order valence-electron chi connectivity index (χ4n) is 2.79. The summed E-state index contributed by atoms with van der Waals surface area (Å²) in [5, 5.41) is 4.33. The number of rotatable bonds is 5. The highest BCUT2D eigenvalue weighted by atomic mass is 16.5. The van der Waals surface area contributed by atoms with Crippen molar-refractivity contribution in [3.8, 4) is 0 Å². The summed E-state index contributed by atoms with van der Waals surface area (Å²) in [7, 11) is 4.07. The lowest BCUT2D eigenvalue weighted by Gasteiger charge is -2.37. The molecular weight excluding hydrogens is 268 g/mol. The Morgan fingerprint density at radius 1 is 1.33 bits per heavy atom. The van der Waals surface area contributed by atoms with Gasteiger partial charge in [-0.25, -0.2) is 0 Å². The number of piperazine rings is 1. The van der Waals surface area contributed by atoms with Crippen molar-refractivity contribution in [2.24, 2.45) is 7.05 Å². The highest BCUT2D eigenvalue weighted by Gasteiger charge is 2.28. The topological polar surface area (TPSA) is 50.6 Å². The van der Waals surface area contributed by atoms with Gasteiger partial charge in [0.15, 0.2) is 0 Å². The van der Waals surface area contributed by atoms with Crippen LogP contribution in [0.4, 0.5) is 0 Å². The first kappa shape index (κ1) is 16.0. The van der Waals surface area contributed by atoms with Crippen molar-refractivity contribution in [1.82, 2.24) is 19.6 Å². The van der Waals surface area contributed by atoms with Gasteiger partial charge in [0, 0.05) is 50.5 Å². The predicted octanol–water partition coefficient (Wildman–Crippen LogP) is 0.970. The summed E-state index contributed by atoms with van der Waals surface area (Å²) in [5.41, 5.74) is 2.25. The molecule has 118 valence electrons. The van der Waals surface area contributed by atoms with Gasteiger partial charge in [-0.3, -0.25) is 14.4 Å². The van der Waals surface area contributed by atoms with E-state index >= 15 is 0 Å². The van der Waals surface area contributed by atoms with Crippen molar-refractivity contribution in [3.63, 3.8) is 0 Å². The maximum atomic E-state index is 12.0. The van der Waals surface area contributed by atoms with Crippen LogP contribution in [0.1, 0.15) is 30.6 Å². The Kier molecular flexibility index (Phi) is 5.36. The van der Waals surface area contributed by atoms with Gasteiger partial charge < -0.3 is 9.64 Å². The molecule has 2 heterocycles. The van der Waals surface area contributed by atoms with Crippen LogP contribution in [0, 0.1) is 6.92 Å². The van der Waals surface area contributed by atoms with Crippen LogP contribution in [-0.2, 0) is 16.6 Å². The van der Waals surface area contributed by atoms with Crippen LogP contribution in [0.25, 0.3) is 0 Å². The summed E-state index contributed by atoms with van der Waals surface area (Å²) >= 11 is 0. The third-order valence-electron chi connectivity index (χ3n) is 4.28. The van der Waals surface area contributed by atoms with Gasteiger partial charge in [-0.15, -0.1) is 0 Å². The second-order valence-corrected chi connectivity index (χ2v) is 5.67. The summed E-state index contributed by atoms with van der Waals surface area (Å²) in [4.78, 5) is 16.7. The number of hydrogen-bond donors (Lipinski definition) is 0. The van der Waals surface area contributed by atoms with Gasteiger partial charge in [-0.05, 0) is 20.9 Å². The normalized spacial score (nSPS) is 18.7. The van der Waals surface area contributed by atoms with Crippen molar-refractivity contribution in [2.75, 3.05) is 39.8 Å². The van der Waals surface area contributed by atoms with Crippen molar-refractivity contribution in [1.29, 1.82) is 0 Å². The molecule has 6 heteroatoms. The van der Waals surface area contributed by atoms with Crippen molar-refractivity contribution in [3.05, 3.63) is 17.5 Å². The summed E-state index contributed by atoms with van der Waals surface area (Å²) in [6.45, 7) is 8.32. The van der Waals surface area contributed by atoms with E-state index in [-0.39, 0.29) is 12.0 Å². The zero-order chi connectivity index (χ0) is 15.4. The molecule has 0 N–H and O–H groups in total. The molecule has 1 unspecified atom stereocenters. The van der Waals surface area contributed by atoms with Gasteiger partial charge in [0.2, 0.25) is 0 Å². The van der Waals surface area contributed by atoms with Crippen LogP contribution in [-0.4, -0.2) is 65.4 Å². The molecule has 1 saturated heterocycles. The number of hydrogen-bond acceptors (Lipinski definition) is 5. The number of aromatic nitrogens is 2. The van der Waals surface area contributed by atoms with E-state index in [1.807, 2.05) is 24.9 Å². The highest BCUT2D eigenvalue weighted by molar-refractivity contribution is 5.70. The molecule has 2 rings (SSSR count). The molecule has 0 aromatic carbocycles. The monoisotopic (exact) mass is 294 g/mol. The van der Waals surface area contributed by atoms with Crippen LogP contribution in [0.15, 0.2) is 6.20 Å². The first-order valence-electron chi connectivity index (χ1n) is 7.59. The van der Waals surface area contributed by atoms with Crippen LogP contribution in [0.5, 0.6) is 0 Å². The van der Waals surface area contributed by atoms with Crippen molar-refractivity contribution < 1.29 is 9.53 Å². The number of carbonyl (C=O) groups excluding carboxylic acids is 1. The molecule has 1 aromatic rings. The molecule has 0 amide bonds. The van der Waals surface area contributed by atoms with Gasteiger partial charge in [0.1, 0.15) is 0 Å². The van der Waals surface area contributed by atoms with Crippen LogP contribution < -0.4 is 0 Å². The van der Waals surface area contributed by atoms with E-state index in [1.54, 1.807) is 0 Å². The summed E-state index contributed by atoms with van der Waals surface area (Å²) in [5.74, 6) is -0.135. The highest BCUT2D eigenvalue weighted by Crippen LogP contribution is 2.28. The molecule has 0 bridgehead atoms. The second-order valence-electron chi connectivity index (χ2n) is 5.67. The third-order valence-corrected chi connectivity index (χ3v) is 4.28. The number of likely N-dealkylation sites (N-methyl/N-ethyl adjacent to an activating group) is 1. The lowest BCUT2D eigenvalue weighted by Crippen LogP contribution is -2.46. The SMILES string of the molecule is CCOC(=O)CC(c1cnn(C)c1C)N1CCN(C)CC1. The average molecular weight is 294 g/mol. The van der Waals surface area contributed by atoms with E-state index in [9.17, 15) is 4.79 Å². The summed E-state index contributed by atoms with van der Waals surface area (Å²) in [6, 6.07) is 0.0615. The van der Waals surface area contributed by atoms with E-state index in [4.69, 9.17) is 4.74 Å². The van der Waals surface area contributed by atoms with E-state index in [1.165, 1.54) is 0 Å². The number of carbonyl (C=O) groups is 1. The van der Waals surface area contributed by atoms with Gasteiger partial charge in [-0.2, -0.15) is 5.10 Å². The number of esters is 1. The zero-order valence-corrected chi connectivity index (χ0v) is 13.5. The maximum absolute atomic E-state index is 12.0. The lowest BCUT2D eigenvalue weighted by atomic mass is 10.0. The molecule has 0 radical (unpaired) electrons. The van der Waals surface area contributed by atoms with Gasteiger partial charge in [0.25, 0.3) is 0 Å². The molecule has 1 aliphatic heterocycles. The number of aryl methyl sites for hydroxylation is 1. The Morgan fingerprint density at radius 3 is 2.52 bits per heavy atom. The first-order valence-corrected chi connectivity index (χ1v) is 7.59. The largest absolute Gasteiger partial charge is 0.466 e. The first-order chi connectivity index (χ1) is 10.0. The fourth-order valence-corrected chi connectivity index (χ4v) is 2.79. The molecule has 0 saturated carbocycles. The van der Waals surface area contributed by atoms with E-state index < -0.39 is 0 Å². The van der Waals surface area contributed by atoms with Crippen LogP contribution in [0.3, 0.4) is 0 Å². The standard InChI is InChI=1S/C15H26N4O2/c1-5-21-15(20)10-14(13-11-16-18(4)12(13)2)19-8-6-17(3)7-9-19/h11,14H,5-10H2,1-4H3. The summed E-state index contributed by atoms with van der Waals surface area (Å²) in [6.07, 6.45) is 2.28. The molecule has 1 aliphatic rings. The average Bonchev–Trinajstić information content (AvgIpc) is 2.78. The molecule has 0 spiro atoms. The molecule has 6 nitrogen and oxygen atoms in total. The van der Waals surface area contributed by atoms with E-state index in [2.05, 4.69) is 28.9 Å². The van der Waals surface area contributed by atoms with Gasteiger partial charge in [0.05, 0.1) is 19.2 Å². The minimum atomic E-state index is -0.135. The number of nitrogens with zero attached hydrogens (tertiary/aromatic N) is 4. The predicted molar refractivity (Wildman–Crippen MR) is 81.0 cm³/mol. The van der Waals surface area contributed by atoms with Crippen molar-refractivity contribution >= 4 is 5.97 Å². The Bertz CT molecular complexity index is 478. The molecule has 1 aromatic heterocycles. The minimum absolute atomic E-state index is 0.0615. The maximum Gasteiger partial charge on any atom is 0.307 e. The fraction of sp³-hybridized carbons (Fsp3) is 0.733. The minimum Gasteiger partial charge on any atom is -0.466 e. The van der Waals surface area contributed by atoms with E-state index in [0.717, 1.165) is 37.4 Å². The lowest BCUT2D eigenvalue weighted by molar-refractivity contribution is -0.144. The van der Waals surface area contributed by atoms with Crippen LogP contribution in [0.2, 0.25) is 0 Å². The van der Waals surface area contributed by atoms with Gasteiger partial charge >= 0.3 is 5.97 Å². The molecule has 21 heavy (non-hydrogen) atoms. The number of ether oxygens (including phenoxy) is 1. The Morgan fingerprint density at radius 2 is 2.00 bits per heavy atom. The molecule has 0 aliphatic carbocycles. The van der Waals surface area contributed by atoms with E-state index in [0.29, 0.717) is 13.0 Å². The third kappa shape index (κ3) is 3.83.